The number of nitrogens with one attached hydrogen (secondary N) is 1. The number of carbonyl (C=O) groups excluding carboxylic acids is 1. The Morgan fingerprint density at radius 2 is 1.90 bits per heavy atom. The van der Waals surface area contributed by atoms with Crippen LogP contribution in [0.2, 0.25) is 0 Å². The van der Waals surface area contributed by atoms with E-state index in [0.717, 1.165) is 28.6 Å². The Morgan fingerprint density at radius 1 is 1.25 bits per heavy atom. The zero-order valence-corrected chi connectivity index (χ0v) is 13.2. The summed E-state index contributed by atoms with van der Waals surface area (Å²) in [4.78, 5) is 15.9. The number of Topliss-reactive ketones (excluding diaryl/α,β-unsaturated/α-hetero) is 1. The fraction of sp³-hybridized carbons (Fsp3) is 0.500. The molecule has 0 saturated carbocycles. The normalized spacial score (nSPS) is 13.7. The second-order valence-corrected chi connectivity index (χ2v) is 7.17. The first-order valence-electron chi connectivity index (χ1n) is 7.38. The van der Waals surface area contributed by atoms with Crippen LogP contribution in [0.3, 0.4) is 0 Å². The lowest BCUT2D eigenvalue weighted by Crippen LogP contribution is -2.14. The van der Waals surface area contributed by atoms with E-state index in [2.05, 4.69) is 32.7 Å². The molecule has 20 heavy (non-hydrogen) atoms. The van der Waals surface area contributed by atoms with Gasteiger partial charge >= 0.3 is 0 Å². The fourth-order valence-corrected chi connectivity index (χ4v) is 3.17. The lowest BCUT2D eigenvalue weighted by atomic mass is 9.83. The third kappa shape index (κ3) is 3.30. The van der Waals surface area contributed by atoms with Crippen molar-refractivity contribution >= 4 is 16.7 Å². The summed E-state index contributed by atoms with van der Waals surface area (Å²) < 4.78 is 0. The molecule has 2 heteroatoms. The van der Waals surface area contributed by atoms with E-state index in [4.69, 9.17) is 0 Å². The van der Waals surface area contributed by atoms with Gasteiger partial charge in [0, 0.05) is 28.6 Å². The highest BCUT2D eigenvalue weighted by atomic mass is 16.1. The Labute approximate surface area is 121 Å². The van der Waals surface area contributed by atoms with Crippen LogP contribution in [0, 0.1) is 18.3 Å². The topological polar surface area (TPSA) is 32.9 Å². The van der Waals surface area contributed by atoms with E-state index >= 15 is 0 Å². The minimum absolute atomic E-state index is 0.261. The first kappa shape index (κ1) is 14.8. The number of benzene rings is 1. The van der Waals surface area contributed by atoms with E-state index in [1.807, 2.05) is 31.2 Å². The molecule has 108 valence electrons. The Balaban J connectivity index is 2.22. The van der Waals surface area contributed by atoms with Crippen LogP contribution in [0.4, 0.5) is 0 Å². The monoisotopic (exact) mass is 271 g/mol. The van der Waals surface area contributed by atoms with Gasteiger partial charge in [0.25, 0.3) is 0 Å². The van der Waals surface area contributed by atoms with Gasteiger partial charge < -0.3 is 4.98 Å². The van der Waals surface area contributed by atoms with E-state index in [9.17, 15) is 4.79 Å². The number of aryl methyl sites for hydroxylation is 1. The molecule has 0 amide bonds. The smallest absolute Gasteiger partial charge is 0.165 e. The number of hydrogen-bond donors (Lipinski definition) is 1. The van der Waals surface area contributed by atoms with Crippen LogP contribution < -0.4 is 0 Å². The molecule has 0 bridgehead atoms. The van der Waals surface area contributed by atoms with Crippen molar-refractivity contribution in [3.05, 3.63) is 35.5 Å². The summed E-state index contributed by atoms with van der Waals surface area (Å²) in [5, 5.41) is 1.05. The Kier molecular flexibility index (Phi) is 4.03. The molecule has 1 atom stereocenters. The lowest BCUT2D eigenvalue weighted by molar-refractivity contribution is 0.0955. The van der Waals surface area contributed by atoms with Gasteiger partial charge in [0.2, 0.25) is 0 Å². The Morgan fingerprint density at radius 3 is 2.55 bits per heavy atom. The molecule has 2 nitrogen and oxygen atoms in total. The predicted octanol–water partition coefficient (Wildman–Crippen LogP) is 5.12. The van der Waals surface area contributed by atoms with Gasteiger partial charge in [-0.3, -0.25) is 4.79 Å². The Bertz CT molecular complexity index is 616. The molecule has 1 N–H and O–H groups in total. The molecule has 2 rings (SSSR count). The number of ketones is 1. The van der Waals surface area contributed by atoms with Gasteiger partial charge in [-0.2, -0.15) is 0 Å². The zero-order chi connectivity index (χ0) is 14.9. The molecule has 0 aliphatic carbocycles. The zero-order valence-electron chi connectivity index (χ0n) is 13.2. The van der Waals surface area contributed by atoms with Crippen molar-refractivity contribution in [2.75, 3.05) is 0 Å². The summed E-state index contributed by atoms with van der Waals surface area (Å²) in [6.45, 7) is 10.8. The van der Waals surface area contributed by atoms with Gasteiger partial charge in [-0.05, 0) is 30.7 Å². The summed E-state index contributed by atoms with van der Waals surface area (Å²) in [7, 11) is 0. The standard InChI is InChI=1S/C18H25NO/c1-12(11-18(3,4)5)10-16(20)17-13(2)19-15-9-7-6-8-14(15)17/h6-9,12,19H,10-11H2,1-5H3. The summed E-state index contributed by atoms with van der Waals surface area (Å²) in [5.41, 5.74) is 3.19. The van der Waals surface area contributed by atoms with E-state index in [1.54, 1.807) is 0 Å². The highest BCUT2D eigenvalue weighted by molar-refractivity contribution is 6.09. The number of hydrogen-bond acceptors (Lipinski definition) is 1. The van der Waals surface area contributed by atoms with Gasteiger partial charge in [-0.15, -0.1) is 0 Å². The van der Waals surface area contributed by atoms with Crippen molar-refractivity contribution in [3.63, 3.8) is 0 Å². The van der Waals surface area contributed by atoms with Crippen molar-refractivity contribution in [1.29, 1.82) is 0 Å². The Hall–Kier alpha value is -1.57. The van der Waals surface area contributed by atoms with Gasteiger partial charge in [-0.25, -0.2) is 0 Å². The predicted molar refractivity (Wildman–Crippen MR) is 85.2 cm³/mol. The summed E-state index contributed by atoms with van der Waals surface area (Å²) >= 11 is 0. The molecule has 1 unspecified atom stereocenters. The first-order valence-corrected chi connectivity index (χ1v) is 7.38. The molecule has 1 aromatic heterocycles. The molecular formula is C18H25NO. The van der Waals surface area contributed by atoms with Crippen LogP contribution in [0.1, 0.15) is 56.6 Å². The van der Waals surface area contributed by atoms with Gasteiger partial charge in [-0.1, -0.05) is 45.9 Å². The molecule has 0 saturated heterocycles. The number of H-pyrrole nitrogens is 1. The van der Waals surface area contributed by atoms with Crippen LogP contribution in [0.5, 0.6) is 0 Å². The maximum atomic E-state index is 12.6. The molecule has 1 aromatic carbocycles. The van der Waals surface area contributed by atoms with Crippen molar-refractivity contribution < 1.29 is 4.79 Å². The SMILES string of the molecule is Cc1[nH]c2ccccc2c1C(=O)CC(C)CC(C)(C)C. The average Bonchev–Trinajstić information content (AvgIpc) is 2.61. The largest absolute Gasteiger partial charge is 0.358 e. The van der Waals surface area contributed by atoms with Gasteiger partial charge in [0.1, 0.15) is 0 Å². The van der Waals surface area contributed by atoms with Crippen molar-refractivity contribution in [1.82, 2.24) is 4.98 Å². The van der Waals surface area contributed by atoms with E-state index in [-0.39, 0.29) is 11.2 Å². The average molecular weight is 271 g/mol. The highest BCUT2D eigenvalue weighted by Crippen LogP contribution is 2.29. The van der Waals surface area contributed by atoms with Crippen LogP contribution in [-0.2, 0) is 0 Å². The number of aromatic nitrogens is 1. The molecule has 0 fully saturated rings. The van der Waals surface area contributed by atoms with Gasteiger partial charge in [0.05, 0.1) is 0 Å². The van der Waals surface area contributed by atoms with E-state index < -0.39 is 0 Å². The lowest BCUT2D eigenvalue weighted by Gasteiger charge is -2.22. The first-order chi connectivity index (χ1) is 9.28. The summed E-state index contributed by atoms with van der Waals surface area (Å²) in [6, 6.07) is 8.04. The third-order valence-corrected chi connectivity index (χ3v) is 3.67. The minimum atomic E-state index is 0.261. The van der Waals surface area contributed by atoms with Crippen LogP contribution in [0.15, 0.2) is 24.3 Å². The number of rotatable bonds is 4. The van der Waals surface area contributed by atoms with Crippen LogP contribution in [-0.4, -0.2) is 10.8 Å². The number of para-hydroxylation sites is 1. The molecular weight excluding hydrogens is 246 g/mol. The molecule has 1 heterocycles. The fourth-order valence-electron chi connectivity index (χ4n) is 3.17. The second-order valence-electron chi connectivity index (χ2n) is 7.17. The molecule has 0 aliphatic rings. The summed E-state index contributed by atoms with van der Waals surface area (Å²) in [5.74, 6) is 0.673. The molecule has 0 spiro atoms. The summed E-state index contributed by atoms with van der Waals surface area (Å²) in [6.07, 6.45) is 1.69. The van der Waals surface area contributed by atoms with Crippen molar-refractivity contribution in [2.45, 2.75) is 47.5 Å². The van der Waals surface area contributed by atoms with Crippen molar-refractivity contribution in [3.8, 4) is 0 Å². The molecule has 0 aliphatic heterocycles. The molecule has 0 radical (unpaired) electrons. The highest BCUT2D eigenvalue weighted by Gasteiger charge is 2.21. The van der Waals surface area contributed by atoms with E-state index in [0.29, 0.717) is 12.3 Å². The third-order valence-electron chi connectivity index (χ3n) is 3.67. The number of carbonyl (C=O) groups is 1. The maximum Gasteiger partial charge on any atom is 0.165 e. The van der Waals surface area contributed by atoms with Crippen LogP contribution >= 0.6 is 0 Å². The number of aromatic amines is 1. The minimum Gasteiger partial charge on any atom is -0.358 e. The number of fused-ring (bicyclic) bond motifs is 1. The van der Waals surface area contributed by atoms with Gasteiger partial charge in [0.15, 0.2) is 5.78 Å². The maximum absolute atomic E-state index is 12.6. The van der Waals surface area contributed by atoms with Crippen LogP contribution in [0.25, 0.3) is 10.9 Å². The van der Waals surface area contributed by atoms with E-state index in [1.165, 1.54) is 0 Å². The second kappa shape index (κ2) is 5.43. The quantitative estimate of drug-likeness (QED) is 0.769. The molecule has 2 aromatic rings. The van der Waals surface area contributed by atoms with Crippen molar-refractivity contribution in [2.24, 2.45) is 11.3 Å².